The summed E-state index contributed by atoms with van der Waals surface area (Å²) in [4.78, 5) is 16.5. The lowest BCUT2D eigenvalue weighted by Gasteiger charge is -2.45. The Hall–Kier alpha value is -2.92. The van der Waals surface area contributed by atoms with Crippen molar-refractivity contribution in [1.29, 1.82) is 0 Å². The van der Waals surface area contributed by atoms with Crippen LogP contribution in [0.5, 0.6) is 0 Å². The van der Waals surface area contributed by atoms with Crippen molar-refractivity contribution in [3.05, 3.63) is 89.5 Å². The summed E-state index contributed by atoms with van der Waals surface area (Å²) in [6.07, 6.45) is 4.28. The molecule has 1 heterocycles. The first-order valence-electron chi connectivity index (χ1n) is 9.97. The maximum atomic E-state index is 12.3. The van der Waals surface area contributed by atoms with Crippen LogP contribution in [0, 0.1) is 5.41 Å². The number of nitrogens with one attached hydrogen (secondary N) is 1. The Balaban J connectivity index is 1.71. The molecule has 0 saturated carbocycles. The van der Waals surface area contributed by atoms with Crippen LogP contribution in [0.4, 0.5) is 0 Å². The molecular formula is C24H27N3O2. The molecule has 150 valence electrons. The van der Waals surface area contributed by atoms with Crippen LogP contribution in [0.25, 0.3) is 0 Å². The van der Waals surface area contributed by atoms with E-state index in [0.29, 0.717) is 5.69 Å². The van der Waals surface area contributed by atoms with Crippen molar-refractivity contribution in [2.45, 2.75) is 38.9 Å². The molecule has 5 heteroatoms. The molecule has 0 amide bonds. The van der Waals surface area contributed by atoms with E-state index < -0.39 is 0 Å². The second-order valence-electron chi connectivity index (χ2n) is 8.32. The molecule has 0 spiro atoms. The highest BCUT2D eigenvalue weighted by Crippen LogP contribution is 2.50. The van der Waals surface area contributed by atoms with E-state index >= 15 is 0 Å². The Morgan fingerprint density at radius 2 is 1.83 bits per heavy atom. The molecule has 0 bridgehead atoms. The summed E-state index contributed by atoms with van der Waals surface area (Å²) >= 11 is 0. The maximum absolute atomic E-state index is 12.3. The molecule has 1 aliphatic carbocycles. The van der Waals surface area contributed by atoms with Crippen molar-refractivity contribution < 1.29 is 9.53 Å². The van der Waals surface area contributed by atoms with Gasteiger partial charge in [-0.3, -0.25) is 0 Å². The summed E-state index contributed by atoms with van der Waals surface area (Å²) in [6.45, 7) is 5.33. The number of aromatic nitrogens is 2. The topological polar surface area (TPSA) is 56.1 Å². The zero-order valence-electron chi connectivity index (χ0n) is 17.1. The van der Waals surface area contributed by atoms with E-state index in [9.17, 15) is 4.79 Å². The van der Waals surface area contributed by atoms with Crippen molar-refractivity contribution >= 4 is 5.97 Å². The molecule has 2 atom stereocenters. The molecule has 0 saturated heterocycles. The van der Waals surface area contributed by atoms with Gasteiger partial charge in [0.2, 0.25) is 0 Å². The van der Waals surface area contributed by atoms with E-state index in [0.717, 1.165) is 13.0 Å². The number of esters is 1. The molecule has 3 aromatic rings. The smallest absolute Gasteiger partial charge is 0.356 e. The van der Waals surface area contributed by atoms with Crippen molar-refractivity contribution in [3.8, 4) is 0 Å². The normalized spacial score (nSPS) is 20.1. The van der Waals surface area contributed by atoms with E-state index in [1.54, 1.807) is 12.5 Å². The van der Waals surface area contributed by atoms with Gasteiger partial charge in [-0.2, -0.15) is 0 Å². The van der Waals surface area contributed by atoms with E-state index in [-0.39, 0.29) is 23.5 Å². The average Bonchev–Trinajstić information content (AvgIpc) is 3.20. The number of hydrogen-bond acceptors (Lipinski definition) is 4. The van der Waals surface area contributed by atoms with Crippen LogP contribution in [0.2, 0.25) is 0 Å². The summed E-state index contributed by atoms with van der Waals surface area (Å²) in [5.74, 6) is -0.361. The van der Waals surface area contributed by atoms with Gasteiger partial charge in [0.1, 0.15) is 5.69 Å². The SMILES string of the molecule is COC(=O)c1cncn1[C@@H]1c2ccccc2[C@@H](NCc2ccccc2)CC1(C)C. The van der Waals surface area contributed by atoms with Crippen molar-refractivity contribution in [1.82, 2.24) is 14.9 Å². The van der Waals surface area contributed by atoms with Gasteiger partial charge in [-0.1, -0.05) is 68.4 Å². The van der Waals surface area contributed by atoms with Crippen LogP contribution in [0.1, 0.15) is 59.5 Å². The number of ether oxygens (including phenoxy) is 1. The predicted molar refractivity (Wildman–Crippen MR) is 113 cm³/mol. The lowest BCUT2D eigenvalue weighted by Crippen LogP contribution is -2.39. The zero-order chi connectivity index (χ0) is 20.4. The fourth-order valence-electron chi connectivity index (χ4n) is 4.56. The summed E-state index contributed by atoms with van der Waals surface area (Å²) in [5.41, 5.74) is 4.16. The van der Waals surface area contributed by atoms with Crippen molar-refractivity contribution in [2.24, 2.45) is 5.41 Å². The van der Waals surface area contributed by atoms with Crippen LogP contribution < -0.4 is 5.32 Å². The molecule has 1 aliphatic rings. The van der Waals surface area contributed by atoms with Gasteiger partial charge in [0, 0.05) is 12.6 Å². The number of benzene rings is 2. The van der Waals surface area contributed by atoms with Gasteiger partial charge >= 0.3 is 5.97 Å². The lowest BCUT2D eigenvalue weighted by atomic mass is 9.68. The molecule has 2 aromatic carbocycles. The van der Waals surface area contributed by atoms with Crippen LogP contribution >= 0.6 is 0 Å². The van der Waals surface area contributed by atoms with Gasteiger partial charge in [0.05, 0.1) is 25.7 Å². The minimum atomic E-state index is -0.361. The second kappa shape index (κ2) is 7.84. The average molecular weight is 389 g/mol. The standard InChI is InChI=1S/C24H27N3O2/c1-24(2)13-20(26-14-17-9-5-4-6-10-17)18-11-7-8-12-19(18)22(24)27-16-25-15-21(27)23(28)29-3/h4-12,15-16,20,22,26H,13-14H2,1-3H3/t20-,22+/m0/s1. The minimum absolute atomic E-state index is 0.00470. The molecule has 5 nitrogen and oxygen atoms in total. The Kier molecular flexibility index (Phi) is 5.24. The fraction of sp³-hybridized carbons (Fsp3) is 0.333. The summed E-state index contributed by atoms with van der Waals surface area (Å²) in [5, 5.41) is 3.75. The van der Waals surface area contributed by atoms with Crippen molar-refractivity contribution in [2.75, 3.05) is 7.11 Å². The molecule has 0 fully saturated rings. The fourth-order valence-corrected chi connectivity index (χ4v) is 4.56. The molecule has 29 heavy (non-hydrogen) atoms. The highest BCUT2D eigenvalue weighted by atomic mass is 16.5. The third-order valence-corrected chi connectivity index (χ3v) is 5.87. The number of rotatable bonds is 5. The van der Waals surface area contributed by atoms with Gasteiger partial charge in [-0.25, -0.2) is 9.78 Å². The molecular weight excluding hydrogens is 362 g/mol. The first kappa shape index (κ1) is 19.4. The highest BCUT2D eigenvalue weighted by molar-refractivity contribution is 5.87. The third-order valence-electron chi connectivity index (χ3n) is 5.87. The largest absolute Gasteiger partial charge is 0.464 e. The molecule has 4 rings (SSSR count). The Morgan fingerprint density at radius 3 is 2.55 bits per heavy atom. The molecule has 0 radical (unpaired) electrons. The van der Waals surface area contributed by atoms with Crippen LogP contribution in [0.15, 0.2) is 67.1 Å². The van der Waals surface area contributed by atoms with Gasteiger partial charge in [0.25, 0.3) is 0 Å². The first-order valence-corrected chi connectivity index (χ1v) is 9.97. The monoisotopic (exact) mass is 389 g/mol. The van der Waals surface area contributed by atoms with Crippen LogP contribution in [-0.4, -0.2) is 22.6 Å². The van der Waals surface area contributed by atoms with Gasteiger partial charge in [-0.15, -0.1) is 0 Å². The summed E-state index contributed by atoms with van der Waals surface area (Å²) in [7, 11) is 1.41. The predicted octanol–water partition coefficient (Wildman–Crippen LogP) is 4.52. The molecule has 0 unspecified atom stereocenters. The van der Waals surface area contributed by atoms with Gasteiger partial charge in [-0.05, 0) is 28.5 Å². The van der Waals surface area contributed by atoms with E-state index in [1.165, 1.54) is 23.8 Å². The number of methoxy groups -OCH3 is 1. The summed E-state index contributed by atoms with van der Waals surface area (Å²) < 4.78 is 6.95. The first-order chi connectivity index (χ1) is 14.0. The minimum Gasteiger partial charge on any atom is -0.464 e. The molecule has 0 aliphatic heterocycles. The maximum Gasteiger partial charge on any atom is 0.356 e. The number of carbonyl (C=O) groups is 1. The summed E-state index contributed by atoms with van der Waals surface area (Å²) in [6, 6.07) is 19.2. The van der Waals surface area contributed by atoms with Crippen LogP contribution in [-0.2, 0) is 11.3 Å². The Morgan fingerprint density at radius 1 is 1.14 bits per heavy atom. The molecule has 1 aromatic heterocycles. The molecule has 1 N–H and O–H groups in total. The van der Waals surface area contributed by atoms with Gasteiger partial charge in [0.15, 0.2) is 0 Å². The van der Waals surface area contributed by atoms with E-state index in [4.69, 9.17) is 4.74 Å². The highest BCUT2D eigenvalue weighted by Gasteiger charge is 2.42. The second-order valence-corrected chi connectivity index (χ2v) is 8.32. The van der Waals surface area contributed by atoms with Gasteiger partial charge < -0.3 is 14.6 Å². The lowest BCUT2D eigenvalue weighted by molar-refractivity contribution is 0.0579. The quantitative estimate of drug-likeness (QED) is 0.652. The number of nitrogens with zero attached hydrogens (tertiary/aromatic N) is 2. The number of fused-ring (bicyclic) bond motifs is 1. The van der Waals surface area contributed by atoms with E-state index in [2.05, 4.69) is 72.7 Å². The Labute approximate surface area is 171 Å². The third kappa shape index (κ3) is 3.70. The number of imidazole rings is 1. The number of hydrogen-bond donors (Lipinski definition) is 1. The van der Waals surface area contributed by atoms with E-state index in [1.807, 2.05) is 10.6 Å². The number of carbonyl (C=O) groups excluding carboxylic acids is 1. The van der Waals surface area contributed by atoms with Crippen LogP contribution in [0.3, 0.4) is 0 Å². The van der Waals surface area contributed by atoms with Crippen molar-refractivity contribution in [3.63, 3.8) is 0 Å². The zero-order valence-corrected chi connectivity index (χ0v) is 17.1. The Bertz CT molecular complexity index is 994.